The van der Waals surface area contributed by atoms with E-state index in [1.807, 2.05) is 11.3 Å². The molecule has 3 aromatic heterocycles. The second kappa shape index (κ2) is 11.7. The van der Waals surface area contributed by atoms with Crippen LogP contribution in [0.2, 0.25) is 0 Å². The molecule has 0 N–H and O–H groups in total. The second-order valence-electron chi connectivity index (χ2n) is 22.2. The number of rotatable bonds is 1. The number of fused-ring (bicyclic) bond motifs is 16. The molecule has 0 amide bonds. The Morgan fingerprint density at radius 2 is 1.17 bits per heavy atom. The average molecular weight is 835 g/mol. The van der Waals surface area contributed by atoms with Crippen molar-refractivity contribution in [2.45, 2.75) is 103 Å². The lowest BCUT2D eigenvalue weighted by Gasteiger charge is -2.43. The van der Waals surface area contributed by atoms with Gasteiger partial charge in [0, 0.05) is 53.9 Å². The molecule has 2 aliphatic heterocycles. The van der Waals surface area contributed by atoms with Crippen molar-refractivity contribution in [2.24, 2.45) is 0 Å². The molecule has 0 atom stereocenters. The zero-order valence-corrected chi connectivity index (χ0v) is 38.4. The van der Waals surface area contributed by atoms with Gasteiger partial charge < -0.3 is 13.8 Å². The van der Waals surface area contributed by atoms with Crippen LogP contribution in [-0.2, 0) is 21.7 Å². The summed E-state index contributed by atoms with van der Waals surface area (Å²) in [6, 6.07) is 44.9. The van der Waals surface area contributed by atoms with Gasteiger partial charge in [-0.3, -0.25) is 0 Å². The number of hydrogen-bond donors (Lipinski definition) is 0. The minimum absolute atomic E-state index is 0.0432. The molecule has 5 heteroatoms. The van der Waals surface area contributed by atoms with Crippen molar-refractivity contribution in [3.05, 3.63) is 138 Å². The van der Waals surface area contributed by atoms with Crippen LogP contribution in [0.1, 0.15) is 103 Å². The van der Waals surface area contributed by atoms with Gasteiger partial charge in [-0.2, -0.15) is 0 Å². The molecule has 308 valence electrons. The van der Waals surface area contributed by atoms with E-state index in [9.17, 15) is 0 Å². The van der Waals surface area contributed by atoms with Gasteiger partial charge in [0.15, 0.2) is 0 Å². The molecule has 0 unspecified atom stereocenters. The first-order valence-electron chi connectivity index (χ1n) is 23.2. The zero-order valence-electron chi connectivity index (χ0n) is 37.6. The summed E-state index contributed by atoms with van der Waals surface area (Å²) in [6.07, 6.45) is 4.67. The molecule has 3 nitrogen and oxygen atoms in total. The largest absolute Gasteiger partial charge is 0.466 e. The molecular weight excluding hydrogens is 784 g/mol. The number of hydrogen-bond acceptors (Lipinski definition) is 3. The van der Waals surface area contributed by atoms with Gasteiger partial charge in [0.25, 0.3) is 0 Å². The standard InChI is InChI=1S/C58H51BN2OS/c1-55(2)22-23-56(3,4)43-28-34(20-21-42(43)55)60-51-41-30-44-45(58(7,8)25-24-57(44,5)6)31-47(41)62-54(51)59-49-39(29-40-35-16-11-12-19-48(35)63-53(40)52(49)60)37-18-13-17-36-38-26-32-14-9-10-15-33(32)27-46(38)61(59)50(36)37/h9-21,26-31H,22-25H2,1-8H3. The van der Waals surface area contributed by atoms with Crippen LogP contribution >= 0.6 is 11.3 Å². The lowest BCUT2D eigenvalue weighted by Crippen LogP contribution is -2.56. The Hall–Kier alpha value is -5.78. The van der Waals surface area contributed by atoms with Crippen LogP contribution in [-0.4, -0.2) is 11.3 Å². The third-order valence-corrected chi connectivity index (χ3v) is 17.8. The normalized spacial score (nSPS) is 18.7. The van der Waals surface area contributed by atoms with Crippen molar-refractivity contribution >= 4 is 110 Å². The summed E-state index contributed by atoms with van der Waals surface area (Å²) < 4.78 is 13.0. The van der Waals surface area contributed by atoms with Gasteiger partial charge in [-0.25, -0.2) is 0 Å². The lowest BCUT2D eigenvalue weighted by molar-refractivity contribution is 0.332. The van der Waals surface area contributed by atoms with E-state index in [4.69, 9.17) is 4.42 Å². The Kier molecular flexibility index (Phi) is 6.79. The third kappa shape index (κ3) is 4.62. The van der Waals surface area contributed by atoms with Crippen LogP contribution in [0, 0.1) is 0 Å². The molecule has 7 aromatic carbocycles. The Morgan fingerprint density at radius 1 is 0.524 bits per heavy atom. The fourth-order valence-electron chi connectivity index (χ4n) is 12.9. The number of benzene rings is 7. The van der Waals surface area contributed by atoms with Gasteiger partial charge in [0.1, 0.15) is 11.2 Å². The first-order valence-corrected chi connectivity index (χ1v) is 24.0. The maximum Gasteiger partial charge on any atom is 0.376 e. The quantitative estimate of drug-likeness (QED) is 0.154. The predicted octanol–water partition coefficient (Wildman–Crippen LogP) is 15.2. The first-order chi connectivity index (χ1) is 30.2. The molecule has 0 saturated carbocycles. The predicted molar refractivity (Wildman–Crippen MR) is 271 cm³/mol. The van der Waals surface area contributed by atoms with Gasteiger partial charge in [0.05, 0.1) is 16.1 Å². The topological polar surface area (TPSA) is 21.3 Å². The number of para-hydroxylation sites is 1. The maximum atomic E-state index is 7.67. The van der Waals surface area contributed by atoms with E-state index in [1.165, 1.54) is 127 Å². The summed E-state index contributed by atoms with van der Waals surface area (Å²) in [5, 5.41) is 9.00. The first kappa shape index (κ1) is 36.7. The Morgan fingerprint density at radius 3 is 1.94 bits per heavy atom. The molecule has 10 aromatic rings. The molecule has 0 fully saturated rings. The van der Waals surface area contributed by atoms with Gasteiger partial charge in [0.2, 0.25) is 0 Å². The Labute approximate surface area is 373 Å². The molecule has 2 aliphatic carbocycles. The van der Waals surface area contributed by atoms with Gasteiger partial charge in [-0.1, -0.05) is 122 Å². The number of thiophene rings is 1. The van der Waals surface area contributed by atoms with Crippen LogP contribution in [0.15, 0.2) is 120 Å². The molecule has 14 rings (SSSR count). The van der Waals surface area contributed by atoms with E-state index in [1.54, 1.807) is 0 Å². The highest BCUT2D eigenvalue weighted by molar-refractivity contribution is 7.26. The highest BCUT2D eigenvalue weighted by Gasteiger charge is 2.49. The summed E-state index contributed by atoms with van der Waals surface area (Å²) >= 11 is 1.95. The van der Waals surface area contributed by atoms with Gasteiger partial charge in [-0.05, 0) is 140 Å². The SMILES string of the molecule is CC1(C)CCC(C)(C)c2cc(N3c4c(oc5cc6c(cc45)C(C)(C)CCC6(C)C)B4c5c(cc6c(sc7ccccc76)c53)-c3cccc5c6cc7ccccc7cc6n4c35)ccc21. The summed E-state index contributed by atoms with van der Waals surface area (Å²) in [5.41, 5.74) is 18.4. The number of furan rings is 1. The number of nitrogens with zero attached hydrogens (tertiary/aromatic N) is 2. The third-order valence-electron chi connectivity index (χ3n) is 16.6. The molecular formula is C58H51BN2OS. The van der Waals surface area contributed by atoms with E-state index >= 15 is 0 Å². The molecule has 63 heavy (non-hydrogen) atoms. The zero-order chi connectivity index (χ0) is 42.7. The fraction of sp³-hybridized carbons (Fsp3) is 0.276. The van der Waals surface area contributed by atoms with E-state index < -0.39 is 0 Å². The monoisotopic (exact) mass is 834 g/mol. The van der Waals surface area contributed by atoms with Crippen LogP contribution in [0.3, 0.4) is 0 Å². The maximum absolute atomic E-state index is 7.67. The smallest absolute Gasteiger partial charge is 0.376 e. The molecule has 4 aliphatic rings. The Bertz CT molecular complexity index is 3720. The lowest BCUT2D eigenvalue weighted by atomic mass is 9.47. The Balaban J connectivity index is 1.20. The van der Waals surface area contributed by atoms with Crippen molar-refractivity contribution in [1.29, 1.82) is 0 Å². The van der Waals surface area contributed by atoms with Crippen LogP contribution in [0.25, 0.3) is 74.8 Å². The van der Waals surface area contributed by atoms with Crippen molar-refractivity contribution in [3.8, 4) is 11.1 Å². The van der Waals surface area contributed by atoms with E-state index in [0.717, 1.165) is 24.1 Å². The summed E-state index contributed by atoms with van der Waals surface area (Å²) in [7, 11) is 0. The highest BCUT2D eigenvalue weighted by atomic mass is 32.1. The van der Waals surface area contributed by atoms with Gasteiger partial charge >= 0.3 is 6.85 Å². The van der Waals surface area contributed by atoms with Crippen LogP contribution in [0.4, 0.5) is 17.1 Å². The molecule has 0 spiro atoms. The minimum Gasteiger partial charge on any atom is -0.466 e. The summed E-state index contributed by atoms with van der Waals surface area (Å²) in [4.78, 5) is 2.69. The fourth-order valence-corrected chi connectivity index (χ4v) is 14.1. The van der Waals surface area contributed by atoms with Crippen molar-refractivity contribution < 1.29 is 4.42 Å². The van der Waals surface area contributed by atoms with Crippen molar-refractivity contribution in [2.75, 3.05) is 4.90 Å². The van der Waals surface area contributed by atoms with Crippen LogP contribution < -0.4 is 16.0 Å². The second-order valence-corrected chi connectivity index (χ2v) is 23.2. The molecule has 0 radical (unpaired) electrons. The van der Waals surface area contributed by atoms with Crippen molar-refractivity contribution in [3.63, 3.8) is 0 Å². The number of anilines is 3. The highest BCUT2D eigenvalue weighted by Crippen LogP contribution is 2.56. The van der Waals surface area contributed by atoms with E-state index in [-0.39, 0.29) is 28.5 Å². The minimum atomic E-state index is -0.176. The van der Waals surface area contributed by atoms with Crippen molar-refractivity contribution in [1.82, 2.24) is 4.48 Å². The van der Waals surface area contributed by atoms with Crippen LogP contribution in [0.5, 0.6) is 0 Å². The molecule has 5 heterocycles. The van der Waals surface area contributed by atoms with Gasteiger partial charge in [-0.15, -0.1) is 11.3 Å². The van der Waals surface area contributed by atoms with E-state index in [2.05, 4.69) is 180 Å². The molecule has 0 saturated heterocycles. The molecule has 0 bridgehead atoms. The average Bonchev–Trinajstić information content (AvgIpc) is 3.94. The summed E-state index contributed by atoms with van der Waals surface area (Å²) in [6.45, 7) is 19.4. The summed E-state index contributed by atoms with van der Waals surface area (Å²) in [5.74, 6) is 0. The number of aromatic nitrogens is 1. The van der Waals surface area contributed by atoms with E-state index in [0.29, 0.717) is 0 Å².